The maximum atomic E-state index is 12.9. The van der Waals surface area contributed by atoms with Crippen LogP contribution in [0.3, 0.4) is 0 Å². The summed E-state index contributed by atoms with van der Waals surface area (Å²) in [6, 6.07) is 9.66. The van der Waals surface area contributed by atoms with Crippen LogP contribution in [0.5, 0.6) is 0 Å². The van der Waals surface area contributed by atoms with E-state index in [1.807, 2.05) is 12.1 Å². The van der Waals surface area contributed by atoms with Gasteiger partial charge in [0, 0.05) is 45.4 Å². The molecule has 2 aromatic rings. The molecule has 1 aromatic heterocycles. The molecule has 0 aliphatic heterocycles. The quantitative estimate of drug-likeness (QED) is 0.848. The number of nitrogens with one attached hydrogen (secondary N) is 1. The second kappa shape index (κ2) is 8.76. The van der Waals surface area contributed by atoms with E-state index in [9.17, 15) is 14.0 Å². The summed E-state index contributed by atoms with van der Waals surface area (Å²) in [6.45, 7) is 2.53. The normalized spacial score (nSPS) is 10.2. The SMILES string of the molecule is CC(=O)N(CCC(=O)NCc1cccnc1)Cc1ccc(F)cc1. The van der Waals surface area contributed by atoms with E-state index in [2.05, 4.69) is 10.3 Å². The number of amides is 2. The molecule has 24 heavy (non-hydrogen) atoms. The Labute approximate surface area is 140 Å². The minimum Gasteiger partial charge on any atom is -0.352 e. The zero-order valence-electron chi connectivity index (χ0n) is 13.5. The van der Waals surface area contributed by atoms with Crippen LogP contribution in [0.4, 0.5) is 4.39 Å². The summed E-state index contributed by atoms with van der Waals surface area (Å²) in [5.41, 5.74) is 1.74. The van der Waals surface area contributed by atoms with Crippen molar-refractivity contribution in [2.24, 2.45) is 0 Å². The lowest BCUT2D eigenvalue weighted by Crippen LogP contribution is -2.33. The molecule has 0 bridgehead atoms. The molecule has 0 fully saturated rings. The fourth-order valence-corrected chi connectivity index (χ4v) is 2.19. The molecule has 0 aliphatic carbocycles. The van der Waals surface area contributed by atoms with Crippen molar-refractivity contribution in [3.05, 3.63) is 65.7 Å². The number of rotatable bonds is 7. The van der Waals surface area contributed by atoms with Gasteiger partial charge in [-0.1, -0.05) is 18.2 Å². The molecule has 6 heteroatoms. The number of nitrogens with zero attached hydrogens (tertiary/aromatic N) is 2. The highest BCUT2D eigenvalue weighted by atomic mass is 19.1. The van der Waals surface area contributed by atoms with E-state index >= 15 is 0 Å². The summed E-state index contributed by atoms with van der Waals surface area (Å²) < 4.78 is 12.9. The van der Waals surface area contributed by atoms with Crippen LogP contribution in [0.15, 0.2) is 48.8 Å². The molecule has 2 amide bonds. The lowest BCUT2D eigenvalue weighted by Gasteiger charge is -2.21. The first-order valence-electron chi connectivity index (χ1n) is 7.70. The number of carbonyl (C=O) groups is 2. The van der Waals surface area contributed by atoms with E-state index in [1.165, 1.54) is 19.1 Å². The Morgan fingerprint density at radius 2 is 1.92 bits per heavy atom. The molecule has 126 valence electrons. The van der Waals surface area contributed by atoms with Crippen LogP contribution in [0.25, 0.3) is 0 Å². The molecule has 0 saturated carbocycles. The van der Waals surface area contributed by atoms with Crippen LogP contribution in [0, 0.1) is 5.82 Å². The van der Waals surface area contributed by atoms with Crippen molar-refractivity contribution in [2.45, 2.75) is 26.4 Å². The summed E-state index contributed by atoms with van der Waals surface area (Å²) >= 11 is 0. The fraction of sp³-hybridized carbons (Fsp3) is 0.278. The molecular weight excluding hydrogens is 309 g/mol. The van der Waals surface area contributed by atoms with Gasteiger partial charge in [-0.25, -0.2) is 4.39 Å². The highest BCUT2D eigenvalue weighted by Gasteiger charge is 2.12. The van der Waals surface area contributed by atoms with Gasteiger partial charge in [0.25, 0.3) is 0 Å². The van der Waals surface area contributed by atoms with Crippen LogP contribution in [-0.4, -0.2) is 28.2 Å². The minimum absolute atomic E-state index is 0.126. The van der Waals surface area contributed by atoms with Crippen molar-refractivity contribution in [3.63, 3.8) is 0 Å². The third-order valence-electron chi connectivity index (χ3n) is 3.55. The van der Waals surface area contributed by atoms with Gasteiger partial charge in [0.15, 0.2) is 0 Å². The van der Waals surface area contributed by atoms with Crippen molar-refractivity contribution in [3.8, 4) is 0 Å². The molecule has 0 unspecified atom stereocenters. The van der Waals surface area contributed by atoms with Gasteiger partial charge in [0.2, 0.25) is 11.8 Å². The predicted octanol–water partition coefficient (Wildman–Crippen LogP) is 2.28. The van der Waals surface area contributed by atoms with Gasteiger partial charge in [0.1, 0.15) is 5.82 Å². The Kier molecular flexibility index (Phi) is 6.42. The molecule has 5 nitrogen and oxygen atoms in total. The Hall–Kier alpha value is -2.76. The summed E-state index contributed by atoms with van der Waals surface area (Å²) in [6.07, 6.45) is 3.57. The van der Waals surface area contributed by atoms with Gasteiger partial charge in [-0.15, -0.1) is 0 Å². The van der Waals surface area contributed by atoms with Crippen LogP contribution in [0.2, 0.25) is 0 Å². The van der Waals surface area contributed by atoms with E-state index in [0.717, 1.165) is 11.1 Å². The predicted molar refractivity (Wildman–Crippen MR) is 88.2 cm³/mol. The van der Waals surface area contributed by atoms with Gasteiger partial charge >= 0.3 is 0 Å². The zero-order chi connectivity index (χ0) is 17.4. The zero-order valence-corrected chi connectivity index (χ0v) is 13.5. The van der Waals surface area contributed by atoms with Gasteiger partial charge in [0.05, 0.1) is 0 Å². The van der Waals surface area contributed by atoms with E-state index < -0.39 is 0 Å². The summed E-state index contributed by atoms with van der Waals surface area (Å²) in [4.78, 5) is 29.2. The summed E-state index contributed by atoms with van der Waals surface area (Å²) in [5.74, 6) is -0.577. The number of aromatic nitrogens is 1. The molecule has 0 atom stereocenters. The topological polar surface area (TPSA) is 62.3 Å². The standard InChI is InChI=1S/C18H20FN3O2/c1-14(23)22(13-15-4-6-17(19)7-5-15)10-8-18(24)21-12-16-3-2-9-20-11-16/h2-7,9,11H,8,10,12-13H2,1H3,(H,21,24). The largest absolute Gasteiger partial charge is 0.352 e. The van der Waals surface area contributed by atoms with Crippen LogP contribution in [-0.2, 0) is 22.7 Å². The molecule has 1 aromatic carbocycles. The third kappa shape index (κ3) is 5.79. The number of carbonyl (C=O) groups excluding carboxylic acids is 2. The van der Waals surface area contributed by atoms with E-state index in [0.29, 0.717) is 19.6 Å². The molecule has 0 saturated heterocycles. The maximum Gasteiger partial charge on any atom is 0.222 e. The average molecular weight is 329 g/mol. The monoisotopic (exact) mass is 329 g/mol. The maximum absolute atomic E-state index is 12.9. The van der Waals surface area contributed by atoms with Crippen molar-refractivity contribution in [1.82, 2.24) is 15.2 Å². The summed E-state index contributed by atoms with van der Waals surface area (Å²) in [7, 11) is 0. The lowest BCUT2D eigenvalue weighted by atomic mass is 10.2. The first-order valence-corrected chi connectivity index (χ1v) is 7.70. The number of hydrogen-bond donors (Lipinski definition) is 1. The number of halogens is 1. The smallest absolute Gasteiger partial charge is 0.222 e. The Morgan fingerprint density at radius 1 is 1.17 bits per heavy atom. The third-order valence-corrected chi connectivity index (χ3v) is 3.55. The van der Waals surface area contributed by atoms with Crippen molar-refractivity contribution in [2.75, 3.05) is 6.54 Å². The van der Waals surface area contributed by atoms with Gasteiger partial charge < -0.3 is 10.2 Å². The van der Waals surface area contributed by atoms with Gasteiger partial charge in [-0.3, -0.25) is 14.6 Å². The van der Waals surface area contributed by atoms with Crippen LogP contribution < -0.4 is 5.32 Å². The van der Waals surface area contributed by atoms with Crippen LogP contribution >= 0.6 is 0 Å². The molecule has 0 radical (unpaired) electrons. The first kappa shape index (κ1) is 17.6. The highest BCUT2D eigenvalue weighted by molar-refractivity contribution is 5.78. The second-order valence-corrected chi connectivity index (χ2v) is 5.46. The Balaban J connectivity index is 1.81. The fourth-order valence-electron chi connectivity index (χ4n) is 2.19. The first-order chi connectivity index (χ1) is 11.5. The molecular formula is C18H20FN3O2. The molecule has 2 rings (SSSR count). The minimum atomic E-state index is -0.317. The number of benzene rings is 1. The van der Waals surface area contributed by atoms with E-state index in [-0.39, 0.29) is 24.1 Å². The number of pyridine rings is 1. The van der Waals surface area contributed by atoms with Crippen molar-refractivity contribution in [1.29, 1.82) is 0 Å². The van der Waals surface area contributed by atoms with Crippen LogP contribution in [0.1, 0.15) is 24.5 Å². The highest BCUT2D eigenvalue weighted by Crippen LogP contribution is 2.07. The van der Waals surface area contributed by atoms with Gasteiger partial charge in [-0.05, 0) is 29.3 Å². The van der Waals surface area contributed by atoms with E-state index in [4.69, 9.17) is 0 Å². The lowest BCUT2D eigenvalue weighted by molar-refractivity contribution is -0.130. The number of hydrogen-bond acceptors (Lipinski definition) is 3. The summed E-state index contributed by atoms with van der Waals surface area (Å²) in [5, 5.41) is 2.80. The van der Waals surface area contributed by atoms with Crippen molar-refractivity contribution >= 4 is 11.8 Å². The van der Waals surface area contributed by atoms with Crippen molar-refractivity contribution < 1.29 is 14.0 Å². The average Bonchev–Trinajstić information content (AvgIpc) is 2.59. The second-order valence-electron chi connectivity index (χ2n) is 5.46. The van der Waals surface area contributed by atoms with Gasteiger partial charge in [-0.2, -0.15) is 0 Å². The Bertz CT molecular complexity index is 674. The molecule has 0 aliphatic rings. The molecule has 0 spiro atoms. The molecule has 1 heterocycles. The van der Waals surface area contributed by atoms with E-state index in [1.54, 1.807) is 29.4 Å². The Morgan fingerprint density at radius 3 is 2.54 bits per heavy atom. The molecule has 1 N–H and O–H groups in total.